The fraction of sp³-hybridized carbons (Fsp3) is 0.526. The van der Waals surface area contributed by atoms with Gasteiger partial charge in [-0.05, 0) is 41.5 Å². The van der Waals surface area contributed by atoms with Crippen molar-refractivity contribution in [3.05, 3.63) is 34.9 Å². The Kier molecular flexibility index (Phi) is 6.68. The molecule has 0 aliphatic rings. The zero-order valence-electron chi connectivity index (χ0n) is 16.0. The minimum Gasteiger partial charge on any atom is -0.507 e. The van der Waals surface area contributed by atoms with Crippen molar-refractivity contribution in [2.45, 2.75) is 65.4 Å². The first-order valence-corrected chi connectivity index (χ1v) is 9.29. The monoisotopic (exact) mass is 367 g/mol. The summed E-state index contributed by atoms with van der Waals surface area (Å²) in [6, 6.07) is 3.71. The first kappa shape index (κ1) is 21.5. The Bertz CT molecular complexity index is 658. The van der Waals surface area contributed by atoms with Gasteiger partial charge in [0.2, 0.25) is 0 Å². The first-order valence-electron chi connectivity index (χ1n) is 8.16. The molecule has 1 rings (SSSR count). The molecule has 0 aliphatic carbocycles. The lowest BCUT2D eigenvalue weighted by molar-refractivity contribution is -0.120. The quantitative estimate of drug-likeness (QED) is 0.586. The van der Waals surface area contributed by atoms with Gasteiger partial charge in [-0.2, -0.15) is 0 Å². The molecule has 0 fully saturated rings. The smallest absolute Gasteiger partial charge is 0.507 e. The van der Waals surface area contributed by atoms with E-state index >= 15 is 0 Å². The van der Waals surface area contributed by atoms with Crippen molar-refractivity contribution in [1.82, 2.24) is 0 Å². The number of benzene rings is 1. The Labute approximate surface area is 150 Å². The molecule has 0 aliphatic heterocycles. The van der Waals surface area contributed by atoms with Crippen LogP contribution in [-0.2, 0) is 24.7 Å². The van der Waals surface area contributed by atoms with Crippen molar-refractivity contribution < 1.29 is 23.9 Å². The van der Waals surface area contributed by atoms with Crippen molar-refractivity contribution in [2.75, 3.05) is 0 Å². The van der Waals surface area contributed by atoms with Crippen LogP contribution in [0.4, 0.5) is 0 Å². The van der Waals surface area contributed by atoms with Gasteiger partial charge in [0.05, 0.1) is 0 Å². The highest BCUT2D eigenvalue weighted by atomic mass is 31.1. The minimum atomic E-state index is -2.82. The average Bonchev–Trinajstić information content (AvgIpc) is 2.42. The molecule has 0 saturated carbocycles. The van der Waals surface area contributed by atoms with Crippen LogP contribution in [0.1, 0.15) is 65.2 Å². The number of aromatic hydroxyl groups is 1. The summed E-state index contributed by atoms with van der Waals surface area (Å²) in [5, 5.41) is 10.7. The Balaban J connectivity index is 3.30. The second-order valence-electron chi connectivity index (χ2n) is 8.19. The number of rotatable bonds is 5. The fourth-order valence-electron chi connectivity index (χ4n) is 2.40. The number of ketones is 1. The lowest BCUT2D eigenvalue weighted by Crippen LogP contribution is -2.17. The van der Waals surface area contributed by atoms with Crippen LogP contribution >= 0.6 is 8.25 Å². The third-order valence-corrected chi connectivity index (χ3v) is 4.33. The zero-order valence-corrected chi connectivity index (χ0v) is 16.8. The van der Waals surface area contributed by atoms with E-state index in [0.29, 0.717) is 0 Å². The van der Waals surface area contributed by atoms with Crippen LogP contribution < -0.4 is 0 Å². The predicted octanol–water partition coefficient (Wildman–Crippen LogP) is 4.62. The molecule has 0 heterocycles. The molecule has 1 aromatic rings. The van der Waals surface area contributed by atoms with E-state index in [2.05, 4.69) is 4.52 Å². The molecular formula is C19H28O5P+. The maximum Gasteiger partial charge on any atom is 0.695 e. The topological polar surface area (TPSA) is 83.8 Å². The molecule has 1 aromatic carbocycles. The third kappa shape index (κ3) is 6.03. The van der Waals surface area contributed by atoms with Crippen LogP contribution in [0.3, 0.4) is 0 Å². The molecule has 0 saturated heterocycles. The molecule has 0 bridgehead atoms. The number of hydrogen-bond acceptors (Lipinski definition) is 4. The number of phenolic OH excluding ortho intramolecular Hbond substituents is 1. The number of carbonyl (C=O) groups is 1. The van der Waals surface area contributed by atoms with E-state index in [4.69, 9.17) is 4.89 Å². The molecule has 138 valence electrons. The molecule has 2 atom stereocenters. The molecule has 0 radical (unpaired) electrons. The summed E-state index contributed by atoms with van der Waals surface area (Å²) in [5.74, 6) is -0.127. The van der Waals surface area contributed by atoms with Gasteiger partial charge in [-0.3, -0.25) is 4.79 Å². The van der Waals surface area contributed by atoms with Crippen LogP contribution in [0.5, 0.6) is 5.75 Å². The molecule has 25 heavy (non-hydrogen) atoms. The van der Waals surface area contributed by atoms with E-state index in [1.165, 1.54) is 13.0 Å². The van der Waals surface area contributed by atoms with Gasteiger partial charge in [-0.15, -0.1) is 9.42 Å². The summed E-state index contributed by atoms with van der Waals surface area (Å²) >= 11 is 0. The van der Waals surface area contributed by atoms with E-state index in [1.807, 2.05) is 53.7 Å². The highest BCUT2D eigenvalue weighted by Crippen LogP contribution is 2.40. The number of carbonyl (C=O) groups excluding carboxylic acids is 1. The summed E-state index contributed by atoms with van der Waals surface area (Å²) in [7, 11) is -2.82. The van der Waals surface area contributed by atoms with Gasteiger partial charge in [0.25, 0.3) is 0 Å². The van der Waals surface area contributed by atoms with Crippen LogP contribution in [0.15, 0.2) is 18.2 Å². The minimum absolute atomic E-state index is 0.260. The fourth-order valence-corrected chi connectivity index (χ4v) is 2.77. The Morgan fingerprint density at radius 1 is 1.12 bits per heavy atom. The second-order valence-corrected chi connectivity index (χ2v) is 8.87. The van der Waals surface area contributed by atoms with Crippen molar-refractivity contribution in [3.63, 3.8) is 0 Å². The molecule has 0 amide bonds. The number of hydrogen-bond donors (Lipinski definition) is 2. The SMILES string of the molecule is CC(O[P+](=O)O)C(=O)/C=C/c1cc(C(C)(C)C)c(O)c(C(C)(C)C)c1. The van der Waals surface area contributed by atoms with Crippen LogP contribution in [0, 0.1) is 0 Å². The van der Waals surface area contributed by atoms with E-state index < -0.39 is 20.1 Å². The van der Waals surface area contributed by atoms with Gasteiger partial charge in [-0.25, -0.2) is 0 Å². The molecular weight excluding hydrogens is 339 g/mol. The lowest BCUT2D eigenvalue weighted by Gasteiger charge is -2.27. The van der Waals surface area contributed by atoms with Gasteiger partial charge < -0.3 is 5.11 Å². The lowest BCUT2D eigenvalue weighted by atomic mass is 9.78. The maximum atomic E-state index is 12.0. The van der Waals surface area contributed by atoms with E-state index in [-0.39, 0.29) is 16.6 Å². The van der Waals surface area contributed by atoms with Gasteiger partial charge in [-0.1, -0.05) is 47.6 Å². The highest BCUT2D eigenvalue weighted by molar-refractivity contribution is 7.32. The van der Waals surface area contributed by atoms with Crippen molar-refractivity contribution in [2.24, 2.45) is 0 Å². The number of phenols is 1. The standard InChI is InChI=1S/C19H27O5P/c1-12(24-25(22)23)16(20)9-8-13-10-14(18(2,3)4)17(21)15(11-13)19(5,6)7/h8-12H,1-7H3,(H-,20,21,22,23)/p+1. The molecule has 2 N–H and O–H groups in total. The summed E-state index contributed by atoms with van der Waals surface area (Å²) in [5.41, 5.74) is 1.86. The van der Waals surface area contributed by atoms with Crippen LogP contribution in [0.2, 0.25) is 0 Å². The van der Waals surface area contributed by atoms with Gasteiger partial charge in [0, 0.05) is 15.7 Å². The summed E-state index contributed by atoms with van der Waals surface area (Å²) in [6.45, 7) is 13.5. The molecule has 5 nitrogen and oxygen atoms in total. The molecule has 0 spiro atoms. The van der Waals surface area contributed by atoms with Gasteiger partial charge >= 0.3 is 8.25 Å². The Hall–Kier alpha value is -1.55. The molecule has 6 heteroatoms. The van der Waals surface area contributed by atoms with Gasteiger partial charge in [0.15, 0.2) is 11.9 Å². The largest absolute Gasteiger partial charge is 0.695 e. The van der Waals surface area contributed by atoms with Crippen LogP contribution in [0.25, 0.3) is 6.08 Å². The second kappa shape index (κ2) is 7.77. The van der Waals surface area contributed by atoms with Crippen molar-refractivity contribution >= 4 is 20.1 Å². The van der Waals surface area contributed by atoms with E-state index in [1.54, 1.807) is 6.08 Å². The predicted molar refractivity (Wildman–Crippen MR) is 99.9 cm³/mol. The first-order chi connectivity index (χ1) is 11.2. The van der Waals surface area contributed by atoms with Crippen molar-refractivity contribution in [1.29, 1.82) is 0 Å². The zero-order chi connectivity index (χ0) is 19.6. The highest BCUT2D eigenvalue weighted by Gasteiger charge is 2.27. The van der Waals surface area contributed by atoms with E-state index in [0.717, 1.165) is 16.7 Å². The molecule has 2 unspecified atom stereocenters. The maximum absolute atomic E-state index is 12.0. The molecule has 0 aromatic heterocycles. The average molecular weight is 367 g/mol. The van der Waals surface area contributed by atoms with E-state index in [9.17, 15) is 14.5 Å². The summed E-state index contributed by atoms with van der Waals surface area (Å²) in [4.78, 5) is 20.7. The third-order valence-electron chi connectivity index (χ3n) is 3.84. The summed E-state index contributed by atoms with van der Waals surface area (Å²) in [6.07, 6.45) is 1.97. The van der Waals surface area contributed by atoms with Crippen molar-refractivity contribution in [3.8, 4) is 5.75 Å². The summed E-state index contributed by atoms with van der Waals surface area (Å²) < 4.78 is 15.3. The van der Waals surface area contributed by atoms with Gasteiger partial charge in [0.1, 0.15) is 5.75 Å². The Morgan fingerprint density at radius 2 is 1.56 bits per heavy atom. The normalized spacial score (nSPS) is 14.6. The van der Waals surface area contributed by atoms with Crippen LogP contribution in [-0.4, -0.2) is 21.9 Å². The Morgan fingerprint density at radius 3 is 1.92 bits per heavy atom.